The van der Waals surface area contributed by atoms with Crippen LogP contribution in [0.3, 0.4) is 0 Å². The van der Waals surface area contributed by atoms with Crippen molar-refractivity contribution in [3.05, 3.63) is 58.9 Å². The number of carbonyl (C=O) groups is 1. The molecule has 192 valence electrons. The van der Waals surface area contributed by atoms with Crippen LogP contribution >= 0.6 is 11.6 Å². The van der Waals surface area contributed by atoms with Crippen molar-refractivity contribution in [3.8, 4) is 11.4 Å². The molecule has 0 radical (unpaired) electrons. The van der Waals surface area contributed by atoms with Gasteiger partial charge in [0.05, 0.1) is 10.6 Å². The fraction of sp³-hybridized carbons (Fsp3) is 0.423. The van der Waals surface area contributed by atoms with Crippen molar-refractivity contribution in [2.45, 2.75) is 63.8 Å². The van der Waals surface area contributed by atoms with Crippen molar-refractivity contribution in [2.24, 2.45) is 0 Å². The SMILES string of the molecule is CC(=O)N1CCC(n2c(C)nnc2-c2cc(Cl)ccc2NS(=O)(=O)c2ccc(C(C)(C)C)cc2)CC1. The van der Waals surface area contributed by atoms with Gasteiger partial charge in [-0.25, -0.2) is 8.42 Å². The molecule has 1 amide bonds. The monoisotopic (exact) mass is 529 g/mol. The van der Waals surface area contributed by atoms with Crippen molar-refractivity contribution in [2.75, 3.05) is 17.8 Å². The molecule has 1 fully saturated rings. The number of nitrogens with one attached hydrogen (secondary N) is 1. The predicted octanol–water partition coefficient (Wildman–Crippen LogP) is 5.19. The van der Waals surface area contributed by atoms with Gasteiger partial charge in [0.15, 0.2) is 5.82 Å². The summed E-state index contributed by atoms with van der Waals surface area (Å²) in [5, 5.41) is 9.15. The molecule has 1 aromatic heterocycles. The summed E-state index contributed by atoms with van der Waals surface area (Å²) in [5.74, 6) is 1.33. The number of sulfonamides is 1. The minimum absolute atomic E-state index is 0.0659. The van der Waals surface area contributed by atoms with Crippen LogP contribution in [-0.4, -0.2) is 47.1 Å². The van der Waals surface area contributed by atoms with Crippen LogP contribution in [0, 0.1) is 6.92 Å². The third-order valence-electron chi connectivity index (χ3n) is 6.64. The van der Waals surface area contributed by atoms with Crippen molar-refractivity contribution < 1.29 is 13.2 Å². The Balaban J connectivity index is 1.68. The van der Waals surface area contributed by atoms with Gasteiger partial charge in [0, 0.05) is 36.6 Å². The quantitative estimate of drug-likeness (QED) is 0.490. The number of carbonyl (C=O) groups excluding carboxylic acids is 1. The van der Waals surface area contributed by atoms with E-state index in [2.05, 4.69) is 35.7 Å². The molecule has 1 N–H and O–H groups in total. The molecule has 0 spiro atoms. The van der Waals surface area contributed by atoms with Gasteiger partial charge in [-0.05, 0) is 61.1 Å². The first kappa shape index (κ1) is 26.2. The zero-order chi connectivity index (χ0) is 26.3. The van der Waals surface area contributed by atoms with Crippen molar-refractivity contribution in [3.63, 3.8) is 0 Å². The average molecular weight is 530 g/mol. The first-order chi connectivity index (χ1) is 16.9. The molecule has 3 aromatic rings. The maximum absolute atomic E-state index is 13.3. The summed E-state index contributed by atoms with van der Waals surface area (Å²) >= 11 is 6.34. The second kappa shape index (κ2) is 9.86. The molecule has 0 atom stereocenters. The lowest BCUT2D eigenvalue weighted by Crippen LogP contribution is -2.38. The van der Waals surface area contributed by atoms with Gasteiger partial charge in [-0.3, -0.25) is 9.52 Å². The Morgan fingerprint density at radius 3 is 2.28 bits per heavy atom. The van der Waals surface area contributed by atoms with E-state index in [0.717, 1.165) is 24.2 Å². The van der Waals surface area contributed by atoms with Crippen LogP contribution in [0.15, 0.2) is 47.4 Å². The summed E-state index contributed by atoms with van der Waals surface area (Å²) in [6, 6.07) is 12.0. The fourth-order valence-electron chi connectivity index (χ4n) is 4.56. The molecule has 10 heteroatoms. The summed E-state index contributed by atoms with van der Waals surface area (Å²) in [4.78, 5) is 13.8. The molecule has 0 bridgehead atoms. The zero-order valence-corrected chi connectivity index (χ0v) is 22.8. The number of amides is 1. The van der Waals surface area contributed by atoms with Gasteiger partial charge in [-0.1, -0.05) is 44.5 Å². The van der Waals surface area contributed by atoms with Gasteiger partial charge < -0.3 is 9.47 Å². The summed E-state index contributed by atoms with van der Waals surface area (Å²) in [7, 11) is -3.86. The standard InChI is InChI=1S/C26H32ClN5O3S/c1-17-28-29-25(32(17)21-12-14-31(15-13-21)18(2)33)23-16-20(27)8-11-24(23)30-36(34,35)22-9-6-19(7-10-22)26(3,4)5/h6-11,16,21,30H,12-15H2,1-5H3. The second-order valence-corrected chi connectivity index (χ2v) is 12.4. The van der Waals surface area contributed by atoms with Crippen LogP contribution in [0.2, 0.25) is 5.02 Å². The van der Waals surface area contributed by atoms with Crippen LogP contribution in [0.1, 0.15) is 58.0 Å². The number of piperidine rings is 1. The number of anilines is 1. The molecule has 0 saturated carbocycles. The number of aromatic nitrogens is 3. The molecule has 1 saturated heterocycles. The van der Waals surface area contributed by atoms with Gasteiger partial charge in [-0.2, -0.15) is 0 Å². The molecular formula is C26H32ClN5O3S. The van der Waals surface area contributed by atoms with Gasteiger partial charge in [0.2, 0.25) is 5.91 Å². The molecular weight excluding hydrogens is 498 g/mol. The van der Waals surface area contributed by atoms with E-state index in [4.69, 9.17) is 11.6 Å². The molecule has 8 nitrogen and oxygen atoms in total. The second-order valence-electron chi connectivity index (χ2n) is 10.2. The summed E-state index contributed by atoms with van der Waals surface area (Å²) in [6.07, 6.45) is 1.51. The maximum Gasteiger partial charge on any atom is 0.261 e. The van der Waals surface area contributed by atoms with Crippen molar-refractivity contribution in [1.82, 2.24) is 19.7 Å². The number of likely N-dealkylation sites (tertiary alicyclic amines) is 1. The van der Waals surface area contributed by atoms with E-state index in [1.165, 1.54) is 0 Å². The zero-order valence-electron chi connectivity index (χ0n) is 21.2. The van der Waals surface area contributed by atoms with E-state index in [1.54, 1.807) is 37.3 Å². The maximum atomic E-state index is 13.3. The topological polar surface area (TPSA) is 97.2 Å². The van der Waals surface area contributed by atoms with Crippen molar-refractivity contribution in [1.29, 1.82) is 0 Å². The first-order valence-electron chi connectivity index (χ1n) is 12.0. The largest absolute Gasteiger partial charge is 0.343 e. The van der Waals surface area contributed by atoms with Crippen molar-refractivity contribution >= 4 is 33.2 Å². The van der Waals surface area contributed by atoms with Crippen LogP contribution in [0.25, 0.3) is 11.4 Å². The molecule has 36 heavy (non-hydrogen) atoms. The number of nitrogens with zero attached hydrogens (tertiary/aromatic N) is 4. The lowest BCUT2D eigenvalue weighted by molar-refractivity contribution is -0.130. The fourth-order valence-corrected chi connectivity index (χ4v) is 5.81. The number of benzene rings is 2. The molecule has 1 aliphatic rings. The normalized spacial score (nSPS) is 15.2. The van der Waals surface area contributed by atoms with Gasteiger partial charge in [0.25, 0.3) is 10.0 Å². The Bertz CT molecular complexity index is 1370. The number of hydrogen-bond acceptors (Lipinski definition) is 5. The van der Waals surface area contributed by atoms with E-state index >= 15 is 0 Å². The number of hydrogen-bond donors (Lipinski definition) is 1. The van der Waals surface area contributed by atoms with Gasteiger partial charge in [0.1, 0.15) is 5.82 Å². The number of aryl methyl sites for hydroxylation is 1. The van der Waals surface area contributed by atoms with Crippen LogP contribution in [-0.2, 0) is 20.2 Å². The lowest BCUT2D eigenvalue weighted by Gasteiger charge is -2.33. The van der Waals surface area contributed by atoms with Crippen LogP contribution in [0.5, 0.6) is 0 Å². The third-order valence-corrected chi connectivity index (χ3v) is 8.26. The van der Waals surface area contributed by atoms with E-state index in [0.29, 0.717) is 35.2 Å². The Kier molecular flexibility index (Phi) is 7.16. The smallest absolute Gasteiger partial charge is 0.261 e. The van der Waals surface area contributed by atoms with E-state index in [-0.39, 0.29) is 22.3 Å². The highest BCUT2D eigenvalue weighted by atomic mass is 35.5. The van der Waals surface area contributed by atoms with Crippen LogP contribution in [0.4, 0.5) is 5.69 Å². The Hall–Kier alpha value is -2.91. The minimum atomic E-state index is -3.86. The van der Waals surface area contributed by atoms with E-state index < -0.39 is 10.0 Å². The highest BCUT2D eigenvalue weighted by Gasteiger charge is 2.28. The minimum Gasteiger partial charge on any atom is -0.343 e. The Labute approximate surface area is 217 Å². The molecule has 2 heterocycles. The van der Waals surface area contributed by atoms with Gasteiger partial charge >= 0.3 is 0 Å². The predicted molar refractivity (Wildman–Crippen MR) is 142 cm³/mol. The molecule has 1 aliphatic heterocycles. The number of halogens is 1. The molecule has 4 rings (SSSR count). The summed E-state index contributed by atoms with van der Waals surface area (Å²) in [6.45, 7) is 11.0. The number of rotatable bonds is 5. The Morgan fingerprint density at radius 1 is 1.06 bits per heavy atom. The van der Waals surface area contributed by atoms with Crippen LogP contribution < -0.4 is 4.72 Å². The molecule has 0 aliphatic carbocycles. The average Bonchev–Trinajstić information content (AvgIpc) is 3.20. The third kappa shape index (κ3) is 5.42. The Morgan fingerprint density at radius 2 is 1.69 bits per heavy atom. The summed E-state index contributed by atoms with van der Waals surface area (Å²) in [5.41, 5.74) is 1.89. The molecule has 2 aromatic carbocycles. The van der Waals surface area contributed by atoms with E-state index in [9.17, 15) is 13.2 Å². The summed E-state index contributed by atoms with van der Waals surface area (Å²) < 4.78 is 31.4. The van der Waals surface area contributed by atoms with Gasteiger partial charge in [-0.15, -0.1) is 10.2 Å². The first-order valence-corrected chi connectivity index (χ1v) is 13.8. The highest BCUT2D eigenvalue weighted by Crippen LogP contribution is 2.35. The lowest BCUT2D eigenvalue weighted by atomic mass is 9.87. The van der Waals surface area contributed by atoms with E-state index in [1.807, 2.05) is 28.5 Å². The highest BCUT2D eigenvalue weighted by molar-refractivity contribution is 7.92. The molecule has 0 unspecified atom stereocenters.